The third-order valence-electron chi connectivity index (χ3n) is 4.00. The van der Waals surface area contributed by atoms with E-state index in [2.05, 4.69) is 0 Å². The van der Waals surface area contributed by atoms with Gasteiger partial charge in [0.15, 0.2) is 5.43 Å². The van der Waals surface area contributed by atoms with Crippen molar-refractivity contribution in [3.05, 3.63) is 46.3 Å². The summed E-state index contributed by atoms with van der Waals surface area (Å²) in [6.07, 6.45) is 1.99. The van der Waals surface area contributed by atoms with Crippen molar-refractivity contribution in [1.29, 1.82) is 0 Å². The summed E-state index contributed by atoms with van der Waals surface area (Å²) in [5.41, 5.74) is 5.99. The van der Waals surface area contributed by atoms with Crippen LogP contribution in [0.1, 0.15) is 16.8 Å². The lowest BCUT2D eigenvalue weighted by Gasteiger charge is -2.21. The standard InChI is InChI=1S/C16H17N3O4/c17-16(22)19-6-1-5-18(7-8-19)15(21)11-2-3-12-13(20)4-9-23-14(12)10-11/h2-4,9-10H,1,5-8H2,(H2,17,22). The van der Waals surface area contributed by atoms with Crippen LogP contribution in [0.5, 0.6) is 0 Å². The molecule has 7 heteroatoms. The number of hydrogen-bond donors (Lipinski definition) is 1. The zero-order valence-corrected chi connectivity index (χ0v) is 12.5. The summed E-state index contributed by atoms with van der Waals surface area (Å²) < 4.78 is 5.30. The second kappa shape index (κ2) is 6.12. The number of rotatable bonds is 1. The number of primary amides is 1. The monoisotopic (exact) mass is 315 g/mol. The van der Waals surface area contributed by atoms with E-state index in [1.165, 1.54) is 17.2 Å². The third kappa shape index (κ3) is 3.03. The highest BCUT2D eigenvalue weighted by Crippen LogP contribution is 2.15. The SMILES string of the molecule is NC(=O)N1CCCN(C(=O)c2ccc3c(=O)ccoc3c2)CC1. The number of carbonyl (C=O) groups is 2. The maximum atomic E-state index is 12.6. The molecule has 0 bridgehead atoms. The van der Waals surface area contributed by atoms with Crippen LogP contribution in [0, 0.1) is 0 Å². The molecule has 0 saturated carbocycles. The summed E-state index contributed by atoms with van der Waals surface area (Å²) in [7, 11) is 0. The minimum absolute atomic E-state index is 0.142. The van der Waals surface area contributed by atoms with Gasteiger partial charge in [-0.3, -0.25) is 9.59 Å². The molecule has 2 aromatic rings. The van der Waals surface area contributed by atoms with Gasteiger partial charge in [0.25, 0.3) is 5.91 Å². The number of amides is 3. The van der Waals surface area contributed by atoms with Gasteiger partial charge in [0.1, 0.15) is 5.58 Å². The lowest BCUT2D eigenvalue weighted by atomic mass is 10.1. The summed E-state index contributed by atoms with van der Waals surface area (Å²) in [6.45, 7) is 1.95. The van der Waals surface area contributed by atoms with Crippen LogP contribution in [0.25, 0.3) is 11.0 Å². The van der Waals surface area contributed by atoms with E-state index in [1.807, 2.05) is 0 Å². The molecule has 1 fully saturated rings. The summed E-state index contributed by atoms with van der Waals surface area (Å²) in [4.78, 5) is 38.8. The number of fused-ring (bicyclic) bond motifs is 1. The number of nitrogens with zero attached hydrogens (tertiary/aromatic N) is 2. The molecule has 0 unspecified atom stereocenters. The quantitative estimate of drug-likeness (QED) is 0.849. The predicted octanol–water partition coefficient (Wildman–Crippen LogP) is 1.02. The first-order chi connectivity index (χ1) is 11.1. The van der Waals surface area contributed by atoms with E-state index in [9.17, 15) is 14.4 Å². The van der Waals surface area contributed by atoms with E-state index in [0.717, 1.165) is 0 Å². The number of carbonyl (C=O) groups excluding carboxylic acids is 2. The maximum Gasteiger partial charge on any atom is 0.314 e. The van der Waals surface area contributed by atoms with Crippen LogP contribution in [0.2, 0.25) is 0 Å². The van der Waals surface area contributed by atoms with Gasteiger partial charge in [-0.25, -0.2) is 4.79 Å². The fourth-order valence-corrected chi connectivity index (χ4v) is 2.74. The van der Waals surface area contributed by atoms with Gasteiger partial charge in [-0.2, -0.15) is 0 Å². The van der Waals surface area contributed by atoms with Crippen LogP contribution in [0.4, 0.5) is 4.79 Å². The van der Waals surface area contributed by atoms with Gasteiger partial charge < -0.3 is 20.0 Å². The van der Waals surface area contributed by atoms with Gasteiger partial charge >= 0.3 is 6.03 Å². The molecule has 1 aromatic heterocycles. The molecule has 1 aliphatic rings. The fourth-order valence-electron chi connectivity index (χ4n) is 2.74. The van der Waals surface area contributed by atoms with E-state index in [-0.39, 0.29) is 11.3 Å². The number of benzene rings is 1. The Hall–Kier alpha value is -2.83. The van der Waals surface area contributed by atoms with Crippen molar-refractivity contribution in [2.45, 2.75) is 6.42 Å². The molecule has 0 spiro atoms. The molecular weight excluding hydrogens is 298 g/mol. The average molecular weight is 315 g/mol. The Balaban J connectivity index is 1.83. The van der Waals surface area contributed by atoms with Crippen LogP contribution in [-0.2, 0) is 0 Å². The van der Waals surface area contributed by atoms with E-state index in [1.54, 1.807) is 23.1 Å². The summed E-state index contributed by atoms with van der Waals surface area (Å²) in [5, 5.41) is 0.444. The molecule has 0 atom stereocenters. The Labute approximate surface area is 132 Å². The Kier molecular flexibility index (Phi) is 4.01. The molecule has 1 aromatic carbocycles. The molecule has 7 nitrogen and oxygen atoms in total. The zero-order valence-electron chi connectivity index (χ0n) is 12.5. The first-order valence-electron chi connectivity index (χ1n) is 7.41. The largest absolute Gasteiger partial charge is 0.464 e. The van der Waals surface area contributed by atoms with Crippen LogP contribution < -0.4 is 11.2 Å². The van der Waals surface area contributed by atoms with Gasteiger partial charge in [0.05, 0.1) is 11.6 Å². The second-order valence-corrected chi connectivity index (χ2v) is 5.47. The van der Waals surface area contributed by atoms with Gasteiger partial charge in [0.2, 0.25) is 0 Å². The Bertz CT molecular complexity index is 814. The van der Waals surface area contributed by atoms with Crippen molar-refractivity contribution in [3.8, 4) is 0 Å². The van der Waals surface area contributed by atoms with Crippen LogP contribution in [0.15, 0.2) is 39.7 Å². The molecule has 3 rings (SSSR count). The predicted molar refractivity (Wildman–Crippen MR) is 84.2 cm³/mol. The van der Waals surface area contributed by atoms with E-state index >= 15 is 0 Å². The molecule has 2 N–H and O–H groups in total. The van der Waals surface area contributed by atoms with Gasteiger partial charge in [-0.1, -0.05) is 0 Å². The van der Waals surface area contributed by atoms with Crippen LogP contribution >= 0.6 is 0 Å². The van der Waals surface area contributed by atoms with Crippen molar-refractivity contribution in [2.24, 2.45) is 5.73 Å². The number of hydrogen-bond acceptors (Lipinski definition) is 4. The van der Waals surface area contributed by atoms with Gasteiger partial charge in [-0.05, 0) is 24.6 Å². The molecule has 23 heavy (non-hydrogen) atoms. The van der Waals surface area contributed by atoms with Crippen molar-refractivity contribution in [2.75, 3.05) is 26.2 Å². The molecular formula is C16H17N3O4. The smallest absolute Gasteiger partial charge is 0.314 e. The highest BCUT2D eigenvalue weighted by atomic mass is 16.3. The van der Waals surface area contributed by atoms with Gasteiger partial charge in [0, 0.05) is 37.8 Å². The normalized spacial score (nSPS) is 15.5. The summed E-state index contributed by atoms with van der Waals surface area (Å²) in [5.74, 6) is -0.148. The van der Waals surface area contributed by atoms with E-state index in [4.69, 9.17) is 10.2 Å². The van der Waals surface area contributed by atoms with Crippen molar-refractivity contribution in [3.63, 3.8) is 0 Å². The second-order valence-electron chi connectivity index (χ2n) is 5.47. The highest BCUT2D eigenvalue weighted by molar-refractivity contribution is 5.97. The zero-order chi connectivity index (χ0) is 16.4. The molecule has 3 amide bonds. The lowest BCUT2D eigenvalue weighted by molar-refractivity contribution is 0.0762. The van der Waals surface area contributed by atoms with E-state index < -0.39 is 6.03 Å². The molecule has 0 aliphatic carbocycles. The van der Waals surface area contributed by atoms with Crippen LogP contribution in [-0.4, -0.2) is 47.9 Å². The third-order valence-corrected chi connectivity index (χ3v) is 4.00. The average Bonchev–Trinajstić information content (AvgIpc) is 2.80. The summed E-state index contributed by atoms with van der Waals surface area (Å²) in [6, 6.07) is 5.68. The molecule has 2 heterocycles. The number of urea groups is 1. The minimum atomic E-state index is -0.466. The lowest BCUT2D eigenvalue weighted by Crippen LogP contribution is -2.39. The maximum absolute atomic E-state index is 12.6. The van der Waals surface area contributed by atoms with Crippen molar-refractivity contribution < 1.29 is 14.0 Å². The first-order valence-corrected chi connectivity index (χ1v) is 7.41. The highest BCUT2D eigenvalue weighted by Gasteiger charge is 2.22. The minimum Gasteiger partial charge on any atom is -0.464 e. The Morgan fingerprint density at radius 2 is 1.78 bits per heavy atom. The molecule has 0 radical (unpaired) electrons. The van der Waals surface area contributed by atoms with Crippen LogP contribution in [0.3, 0.4) is 0 Å². The van der Waals surface area contributed by atoms with Crippen molar-refractivity contribution in [1.82, 2.24) is 9.80 Å². The van der Waals surface area contributed by atoms with E-state index in [0.29, 0.717) is 49.1 Å². The Morgan fingerprint density at radius 1 is 1.04 bits per heavy atom. The molecule has 120 valence electrons. The van der Waals surface area contributed by atoms with Crippen molar-refractivity contribution >= 4 is 22.9 Å². The topological polar surface area (TPSA) is 96.9 Å². The number of nitrogens with two attached hydrogens (primary N) is 1. The molecule has 1 saturated heterocycles. The fraction of sp³-hybridized carbons (Fsp3) is 0.312. The first kappa shape index (κ1) is 15.1. The van der Waals surface area contributed by atoms with Gasteiger partial charge in [-0.15, -0.1) is 0 Å². The Morgan fingerprint density at radius 3 is 2.57 bits per heavy atom. The summed E-state index contributed by atoms with van der Waals surface area (Å²) >= 11 is 0. The molecule has 1 aliphatic heterocycles.